The van der Waals surface area contributed by atoms with Crippen molar-refractivity contribution in [3.05, 3.63) is 58.5 Å². The number of nitrogens with two attached hydrogens (primary N) is 1. The van der Waals surface area contributed by atoms with Crippen molar-refractivity contribution in [2.75, 3.05) is 18.1 Å². The number of β-lactam (4-membered cyclic amide) rings is 1. The molecule has 34 heavy (non-hydrogen) atoms. The molecule has 0 radical (unpaired) electrons. The molecule has 0 spiro atoms. The predicted molar refractivity (Wildman–Crippen MR) is 128 cm³/mol. The molecule has 0 saturated carbocycles. The quantitative estimate of drug-likeness (QED) is 0.276. The maximum absolute atomic E-state index is 12.9. The number of oxime groups is 1. The van der Waals surface area contributed by atoms with Crippen LogP contribution in [-0.2, 0) is 19.2 Å². The average molecular weight is 501 g/mol. The minimum absolute atomic E-state index is 0.102. The molecule has 2 aromatic heterocycles. The highest BCUT2D eigenvalue weighted by Gasteiger charge is 2.54. The van der Waals surface area contributed by atoms with E-state index in [2.05, 4.69) is 20.4 Å². The first kappa shape index (κ1) is 23.4. The van der Waals surface area contributed by atoms with Crippen molar-refractivity contribution in [2.24, 2.45) is 5.16 Å². The van der Waals surface area contributed by atoms with Gasteiger partial charge in [0.15, 0.2) is 10.8 Å². The van der Waals surface area contributed by atoms with E-state index in [1.165, 1.54) is 16.7 Å². The predicted octanol–water partition coefficient (Wildman–Crippen LogP) is 1.31. The Morgan fingerprint density at radius 1 is 1.44 bits per heavy atom. The number of nitrogen functional groups attached to an aromatic ring is 1. The molecule has 0 aliphatic carbocycles. The second-order valence-corrected chi connectivity index (χ2v) is 9.08. The topological polar surface area (TPSA) is 160 Å². The Bertz CT molecular complexity index is 1210. The Balaban J connectivity index is 1.53. The lowest BCUT2D eigenvalue weighted by Gasteiger charge is -2.49. The number of hydrogen-bond acceptors (Lipinski definition) is 10. The van der Waals surface area contributed by atoms with Crippen LogP contribution in [0, 0.1) is 0 Å². The summed E-state index contributed by atoms with van der Waals surface area (Å²) in [4.78, 5) is 52.1. The maximum Gasteiger partial charge on any atom is 0.352 e. The summed E-state index contributed by atoms with van der Waals surface area (Å²) in [6.07, 6.45) is 6.70. The van der Waals surface area contributed by atoms with Crippen molar-refractivity contribution in [3.8, 4) is 0 Å². The van der Waals surface area contributed by atoms with Crippen LogP contribution in [0.15, 0.2) is 52.4 Å². The first-order chi connectivity index (χ1) is 16.4. The highest BCUT2D eigenvalue weighted by molar-refractivity contribution is 8.00. The van der Waals surface area contributed by atoms with Crippen LogP contribution >= 0.6 is 23.1 Å². The maximum atomic E-state index is 12.9. The number of amides is 2. The molecule has 2 unspecified atom stereocenters. The summed E-state index contributed by atoms with van der Waals surface area (Å²) in [6, 6.07) is 2.69. The lowest BCUT2D eigenvalue weighted by molar-refractivity contribution is -0.150. The molecule has 11 nitrogen and oxygen atoms in total. The largest absolute Gasteiger partial charge is 0.477 e. The van der Waals surface area contributed by atoms with Crippen LogP contribution in [0.2, 0.25) is 0 Å². The van der Waals surface area contributed by atoms with Crippen molar-refractivity contribution in [1.29, 1.82) is 0 Å². The molecule has 0 bridgehead atoms. The Hall–Kier alpha value is -3.71. The number of pyridine rings is 1. The van der Waals surface area contributed by atoms with Crippen molar-refractivity contribution < 1.29 is 24.3 Å². The lowest BCUT2D eigenvalue weighted by Crippen LogP contribution is -2.71. The number of thioether (sulfide) groups is 1. The van der Waals surface area contributed by atoms with Gasteiger partial charge in [-0.2, -0.15) is 0 Å². The average Bonchev–Trinajstić information content (AvgIpc) is 3.27. The Morgan fingerprint density at radius 2 is 2.26 bits per heavy atom. The number of nitrogens with one attached hydrogen (secondary N) is 1. The van der Waals surface area contributed by atoms with E-state index in [1.54, 1.807) is 42.9 Å². The van der Waals surface area contributed by atoms with Crippen molar-refractivity contribution in [3.63, 3.8) is 0 Å². The number of aliphatic carboxylic acids is 1. The van der Waals surface area contributed by atoms with Gasteiger partial charge in [0.25, 0.3) is 11.8 Å². The Labute approximate surface area is 202 Å². The highest BCUT2D eigenvalue weighted by Crippen LogP contribution is 2.40. The molecule has 1 fully saturated rings. The summed E-state index contributed by atoms with van der Waals surface area (Å²) in [7, 11) is 0. The van der Waals surface area contributed by atoms with Crippen LogP contribution in [-0.4, -0.2) is 67.2 Å². The lowest BCUT2D eigenvalue weighted by atomic mass is 10.0. The van der Waals surface area contributed by atoms with E-state index in [1.807, 2.05) is 6.07 Å². The molecular weight excluding hydrogens is 480 g/mol. The van der Waals surface area contributed by atoms with Crippen LogP contribution in [0.25, 0.3) is 6.08 Å². The summed E-state index contributed by atoms with van der Waals surface area (Å²) < 4.78 is 0. The summed E-state index contributed by atoms with van der Waals surface area (Å²) in [5, 5.41) is 17.5. The van der Waals surface area contributed by atoms with E-state index in [0.717, 1.165) is 16.9 Å². The fourth-order valence-corrected chi connectivity index (χ4v) is 5.25. The van der Waals surface area contributed by atoms with Crippen molar-refractivity contribution in [1.82, 2.24) is 20.2 Å². The number of carbonyl (C=O) groups is 3. The molecule has 1 saturated heterocycles. The number of aromatic nitrogens is 2. The van der Waals surface area contributed by atoms with E-state index in [4.69, 9.17) is 10.6 Å². The molecular formula is C21H20N6O5S2. The number of thiazole rings is 1. The summed E-state index contributed by atoms with van der Waals surface area (Å²) in [5.41, 5.74) is 6.96. The molecule has 4 N–H and O–H groups in total. The van der Waals surface area contributed by atoms with Gasteiger partial charge in [-0.1, -0.05) is 23.4 Å². The van der Waals surface area contributed by atoms with E-state index in [9.17, 15) is 19.5 Å². The fraction of sp³-hybridized carbons (Fsp3) is 0.238. The van der Waals surface area contributed by atoms with Crippen LogP contribution in [0.1, 0.15) is 18.2 Å². The number of nitrogens with zero attached hydrogens (tertiary/aromatic N) is 4. The second-order valence-electron chi connectivity index (χ2n) is 7.09. The monoisotopic (exact) mass is 500 g/mol. The third-order valence-corrected chi connectivity index (χ3v) is 6.89. The zero-order valence-corrected chi connectivity index (χ0v) is 19.5. The van der Waals surface area contributed by atoms with Gasteiger partial charge >= 0.3 is 5.97 Å². The van der Waals surface area contributed by atoms with Gasteiger partial charge in [0.2, 0.25) is 0 Å². The number of allylic oxidation sites excluding steroid dienone is 1. The molecule has 2 aromatic rings. The van der Waals surface area contributed by atoms with Gasteiger partial charge in [-0.25, -0.2) is 9.78 Å². The zero-order valence-electron chi connectivity index (χ0n) is 17.9. The second kappa shape index (κ2) is 10.1. The number of anilines is 1. The first-order valence-corrected chi connectivity index (χ1v) is 12.0. The Morgan fingerprint density at radius 3 is 2.91 bits per heavy atom. The number of rotatable bonds is 8. The van der Waals surface area contributed by atoms with Gasteiger partial charge in [-0.3, -0.25) is 19.5 Å². The number of carboxylic acids is 1. The fourth-order valence-electron chi connectivity index (χ4n) is 3.38. The van der Waals surface area contributed by atoms with Crippen LogP contribution < -0.4 is 11.1 Å². The highest BCUT2D eigenvalue weighted by atomic mass is 32.2. The van der Waals surface area contributed by atoms with E-state index >= 15 is 0 Å². The molecule has 2 atom stereocenters. The minimum atomic E-state index is -1.22. The molecule has 2 amide bonds. The standard InChI is InChI=1S/C21H20N6O5S2/c1-2-32-26-14(13-10-34-21(22)24-13)17(28)25-15-18(29)27-16(20(30)31)12(9-33-19(15)27)6-5-11-4-3-7-23-8-11/h3-8,10,15,19H,2,9H2,1H3,(H2,22,24)(H,25,28)(H,30,31)/b6-5+,26-14+. The number of carboxylic acid groups (broad SMARTS) is 1. The smallest absolute Gasteiger partial charge is 0.352 e. The van der Waals surface area contributed by atoms with Gasteiger partial charge in [0.1, 0.15) is 29.4 Å². The van der Waals surface area contributed by atoms with Crippen LogP contribution in [0.5, 0.6) is 0 Å². The summed E-state index contributed by atoms with van der Waals surface area (Å²) in [5.74, 6) is -2.06. The van der Waals surface area contributed by atoms with Crippen molar-refractivity contribution >= 4 is 57.8 Å². The molecule has 4 rings (SSSR count). The van der Waals surface area contributed by atoms with E-state index < -0.39 is 29.2 Å². The first-order valence-electron chi connectivity index (χ1n) is 10.1. The van der Waals surface area contributed by atoms with Gasteiger partial charge in [-0.15, -0.1) is 23.1 Å². The van der Waals surface area contributed by atoms with Crippen LogP contribution in [0.4, 0.5) is 5.13 Å². The zero-order chi connectivity index (χ0) is 24.2. The van der Waals surface area contributed by atoms with E-state index in [-0.39, 0.29) is 28.8 Å². The third-order valence-electron chi connectivity index (χ3n) is 4.91. The molecule has 4 heterocycles. The Kier molecular flexibility index (Phi) is 6.93. The number of carbonyl (C=O) groups excluding carboxylic acids is 2. The third kappa shape index (κ3) is 4.65. The molecule has 2 aliphatic heterocycles. The van der Waals surface area contributed by atoms with Gasteiger partial charge in [0.05, 0.1) is 0 Å². The summed E-state index contributed by atoms with van der Waals surface area (Å²) >= 11 is 2.50. The normalized spacial score (nSPS) is 20.2. The van der Waals surface area contributed by atoms with Gasteiger partial charge in [-0.05, 0) is 24.1 Å². The van der Waals surface area contributed by atoms with Crippen molar-refractivity contribution in [2.45, 2.75) is 18.3 Å². The molecule has 2 aliphatic rings. The number of hydrogen-bond donors (Lipinski definition) is 3. The SMILES string of the molecule is CCO/N=C(/C(=O)NC1C(=O)N2C(C(=O)O)=C(/C=C/c3cccnc3)CSC12)c1csc(N)n1. The van der Waals surface area contributed by atoms with Gasteiger partial charge in [0, 0.05) is 23.5 Å². The number of fused-ring (bicyclic) bond motifs is 1. The minimum Gasteiger partial charge on any atom is -0.477 e. The van der Waals surface area contributed by atoms with Crippen LogP contribution in [0.3, 0.4) is 0 Å². The summed E-state index contributed by atoms with van der Waals surface area (Å²) in [6.45, 7) is 1.94. The molecule has 0 aromatic carbocycles. The van der Waals surface area contributed by atoms with Gasteiger partial charge < -0.3 is 21.0 Å². The molecule has 176 valence electrons. The molecule has 13 heteroatoms. The van der Waals surface area contributed by atoms with E-state index in [0.29, 0.717) is 11.3 Å².